The van der Waals surface area contributed by atoms with Crippen LogP contribution in [0, 0.1) is 0 Å². The number of amides is 1. The zero-order valence-electron chi connectivity index (χ0n) is 16.8. The summed E-state index contributed by atoms with van der Waals surface area (Å²) in [5.74, 6) is 0.949. The van der Waals surface area contributed by atoms with Crippen LogP contribution in [0.1, 0.15) is 10.4 Å². The first-order valence-electron chi connectivity index (χ1n) is 9.62. The molecule has 1 saturated heterocycles. The lowest BCUT2D eigenvalue weighted by Crippen LogP contribution is -2.49. The summed E-state index contributed by atoms with van der Waals surface area (Å²) in [5, 5.41) is 11.0. The molecular formula is C20H25N7O3. The molecule has 0 radical (unpaired) electrons. The molecule has 10 nitrogen and oxygen atoms in total. The van der Waals surface area contributed by atoms with Crippen LogP contribution in [0.15, 0.2) is 49.3 Å². The Bertz CT molecular complexity index is 947. The summed E-state index contributed by atoms with van der Waals surface area (Å²) in [5.41, 5.74) is 1.67. The predicted molar refractivity (Wildman–Crippen MR) is 110 cm³/mol. The maximum atomic E-state index is 12.9. The number of aryl methyl sites for hydroxylation is 1. The molecule has 1 aromatic carbocycles. The number of carbonyl (C=O) groups excluding carboxylic acids is 1. The fourth-order valence-corrected chi connectivity index (χ4v) is 3.38. The Labute approximate surface area is 174 Å². The van der Waals surface area contributed by atoms with E-state index in [1.165, 1.54) is 0 Å². The molecule has 3 heterocycles. The SMILES string of the molecule is Cn1ccnc1-c1cccc(C(=O)N2CCN(CCn3cncn3)CC2)c1.O=CO. The first kappa shape index (κ1) is 21.2. The van der Waals surface area contributed by atoms with Crippen molar-refractivity contribution in [1.82, 2.24) is 34.1 Å². The second-order valence-electron chi connectivity index (χ2n) is 6.84. The Morgan fingerprint density at radius 2 is 1.97 bits per heavy atom. The van der Waals surface area contributed by atoms with Crippen molar-refractivity contribution in [3.05, 3.63) is 54.9 Å². The molecular weight excluding hydrogens is 386 g/mol. The highest BCUT2D eigenvalue weighted by Gasteiger charge is 2.22. The van der Waals surface area contributed by atoms with E-state index < -0.39 is 0 Å². The van der Waals surface area contributed by atoms with Crippen LogP contribution in [0.25, 0.3) is 11.4 Å². The van der Waals surface area contributed by atoms with E-state index in [9.17, 15) is 4.79 Å². The van der Waals surface area contributed by atoms with Gasteiger partial charge in [0.25, 0.3) is 12.4 Å². The molecule has 1 aliphatic rings. The van der Waals surface area contributed by atoms with Crippen LogP contribution < -0.4 is 0 Å². The normalized spacial score (nSPS) is 14.1. The van der Waals surface area contributed by atoms with Crippen molar-refractivity contribution < 1.29 is 14.7 Å². The Balaban J connectivity index is 0.000000806. The number of carboxylic acid groups (broad SMARTS) is 1. The van der Waals surface area contributed by atoms with Gasteiger partial charge in [-0.1, -0.05) is 12.1 Å². The van der Waals surface area contributed by atoms with Gasteiger partial charge in [-0.05, 0) is 12.1 Å². The third-order valence-corrected chi connectivity index (χ3v) is 4.96. The topological polar surface area (TPSA) is 109 Å². The molecule has 30 heavy (non-hydrogen) atoms. The largest absolute Gasteiger partial charge is 0.483 e. The van der Waals surface area contributed by atoms with Gasteiger partial charge in [-0.3, -0.25) is 19.2 Å². The van der Waals surface area contributed by atoms with Gasteiger partial charge in [0.2, 0.25) is 0 Å². The quantitative estimate of drug-likeness (QED) is 0.620. The number of benzene rings is 1. The second kappa shape index (κ2) is 10.3. The maximum Gasteiger partial charge on any atom is 0.290 e. The van der Waals surface area contributed by atoms with E-state index >= 15 is 0 Å². The van der Waals surface area contributed by atoms with E-state index in [1.54, 1.807) is 18.9 Å². The van der Waals surface area contributed by atoms with Gasteiger partial charge >= 0.3 is 0 Å². The summed E-state index contributed by atoms with van der Waals surface area (Å²) in [4.78, 5) is 33.9. The first-order valence-corrected chi connectivity index (χ1v) is 9.62. The predicted octanol–water partition coefficient (Wildman–Crippen LogP) is 0.837. The highest BCUT2D eigenvalue weighted by Crippen LogP contribution is 2.19. The Morgan fingerprint density at radius 1 is 1.20 bits per heavy atom. The molecule has 3 aromatic rings. The fraction of sp³-hybridized carbons (Fsp3) is 0.350. The molecule has 0 saturated carbocycles. The lowest BCUT2D eigenvalue weighted by Gasteiger charge is -2.34. The van der Waals surface area contributed by atoms with Crippen molar-refractivity contribution in [2.45, 2.75) is 6.54 Å². The van der Waals surface area contributed by atoms with Crippen molar-refractivity contribution in [3.63, 3.8) is 0 Å². The molecule has 10 heteroatoms. The van der Waals surface area contributed by atoms with E-state index in [0.29, 0.717) is 5.56 Å². The van der Waals surface area contributed by atoms with Gasteiger partial charge in [0.1, 0.15) is 18.5 Å². The van der Waals surface area contributed by atoms with E-state index in [4.69, 9.17) is 9.90 Å². The summed E-state index contributed by atoms with van der Waals surface area (Å²) in [6.45, 7) is 4.71. The smallest absolute Gasteiger partial charge is 0.290 e. The van der Waals surface area contributed by atoms with E-state index in [-0.39, 0.29) is 12.4 Å². The summed E-state index contributed by atoms with van der Waals surface area (Å²) in [7, 11) is 1.95. The van der Waals surface area contributed by atoms with Crippen LogP contribution in [0.5, 0.6) is 0 Å². The highest BCUT2D eigenvalue weighted by atomic mass is 16.3. The molecule has 0 spiro atoms. The van der Waals surface area contributed by atoms with Crippen LogP contribution in [-0.4, -0.2) is 84.3 Å². The van der Waals surface area contributed by atoms with Gasteiger partial charge in [0.15, 0.2) is 0 Å². The number of piperazine rings is 1. The molecule has 2 aromatic heterocycles. The van der Waals surface area contributed by atoms with Crippen molar-refractivity contribution in [2.24, 2.45) is 7.05 Å². The van der Waals surface area contributed by atoms with Gasteiger partial charge in [0, 0.05) is 63.3 Å². The molecule has 0 bridgehead atoms. The van der Waals surface area contributed by atoms with E-state index in [2.05, 4.69) is 20.0 Å². The molecule has 1 N–H and O–H groups in total. The number of aromatic nitrogens is 5. The van der Waals surface area contributed by atoms with Crippen LogP contribution in [-0.2, 0) is 18.4 Å². The first-order chi connectivity index (χ1) is 14.6. The monoisotopic (exact) mass is 411 g/mol. The van der Waals surface area contributed by atoms with Crippen LogP contribution in [0.4, 0.5) is 0 Å². The lowest BCUT2D eigenvalue weighted by atomic mass is 10.1. The van der Waals surface area contributed by atoms with Crippen LogP contribution in [0.3, 0.4) is 0 Å². The van der Waals surface area contributed by atoms with E-state index in [1.807, 2.05) is 51.7 Å². The lowest BCUT2D eigenvalue weighted by molar-refractivity contribution is -0.122. The van der Waals surface area contributed by atoms with Crippen molar-refractivity contribution in [3.8, 4) is 11.4 Å². The van der Waals surface area contributed by atoms with Crippen LogP contribution >= 0.6 is 0 Å². The maximum absolute atomic E-state index is 12.9. The van der Waals surface area contributed by atoms with Crippen molar-refractivity contribution in [2.75, 3.05) is 32.7 Å². The molecule has 1 aliphatic heterocycles. The van der Waals surface area contributed by atoms with Gasteiger partial charge in [0.05, 0.1) is 6.54 Å². The Kier molecular flexibility index (Phi) is 7.28. The third kappa shape index (κ3) is 5.29. The summed E-state index contributed by atoms with van der Waals surface area (Å²) >= 11 is 0. The standard InChI is InChI=1S/C19H23N7O.CH2O2/c1-23-6-5-21-18(23)16-3-2-4-17(13-16)19(27)25-10-7-24(8-11-25)9-12-26-15-20-14-22-26;2-1-3/h2-6,13-15H,7-12H2,1H3;1H,(H,2,3). The molecule has 1 amide bonds. The fourth-order valence-electron chi connectivity index (χ4n) is 3.38. The summed E-state index contributed by atoms with van der Waals surface area (Å²) in [6, 6.07) is 7.72. The average molecular weight is 411 g/mol. The molecule has 4 rings (SSSR count). The molecule has 0 unspecified atom stereocenters. The zero-order valence-corrected chi connectivity index (χ0v) is 16.8. The molecule has 0 atom stereocenters. The Morgan fingerprint density at radius 3 is 2.60 bits per heavy atom. The molecule has 1 fully saturated rings. The highest BCUT2D eigenvalue weighted by molar-refractivity contribution is 5.95. The van der Waals surface area contributed by atoms with Gasteiger partial charge in [-0.2, -0.15) is 5.10 Å². The van der Waals surface area contributed by atoms with Crippen molar-refractivity contribution in [1.29, 1.82) is 0 Å². The van der Waals surface area contributed by atoms with Gasteiger partial charge < -0.3 is 14.6 Å². The molecule has 158 valence electrons. The number of carbonyl (C=O) groups is 2. The van der Waals surface area contributed by atoms with Gasteiger partial charge in [-0.15, -0.1) is 0 Å². The number of imidazole rings is 1. The third-order valence-electron chi connectivity index (χ3n) is 4.96. The average Bonchev–Trinajstić information content (AvgIpc) is 3.44. The Hall–Kier alpha value is -3.53. The minimum absolute atomic E-state index is 0.0852. The molecule has 0 aliphatic carbocycles. The minimum atomic E-state index is -0.250. The number of nitrogens with zero attached hydrogens (tertiary/aromatic N) is 7. The summed E-state index contributed by atoms with van der Waals surface area (Å²) in [6.07, 6.45) is 6.95. The zero-order chi connectivity index (χ0) is 21.3. The van der Waals surface area contributed by atoms with E-state index in [0.717, 1.165) is 50.7 Å². The number of rotatable bonds is 5. The second-order valence-corrected chi connectivity index (χ2v) is 6.84. The van der Waals surface area contributed by atoms with Crippen molar-refractivity contribution >= 4 is 12.4 Å². The van der Waals surface area contributed by atoms with Gasteiger partial charge in [-0.25, -0.2) is 9.97 Å². The summed E-state index contributed by atoms with van der Waals surface area (Å²) < 4.78 is 3.79. The van der Waals surface area contributed by atoms with Crippen LogP contribution in [0.2, 0.25) is 0 Å². The number of hydrogen-bond donors (Lipinski definition) is 1. The number of hydrogen-bond acceptors (Lipinski definition) is 6. The minimum Gasteiger partial charge on any atom is -0.483 e.